The van der Waals surface area contributed by atoms with Crippen molar-refractivity contribution in [1.82, 2.24) is 9.97 Å². The monoisotopic (exact) mass is 327 g/mol. The Hall–Kier alpha value is -2.27. The summed E-state index contributed by atoms with van der Waals surface area (Å²) in [6, 6.07) is 0. The number of esters is 1. The summed E-state index contributed by atoms with van der Waals surface area (Å²) in [5.41, 5.74) is -0.331. The molecule has 0 unspecified atom stereocenters. The van der Waals surface area contributed by atoms with Gasteiger partial charge in [0.25, 0.3) is 0 Å². The van der Waals surface area contributed by atoms with Crippen molar-refractivity contribution in [3.63, 3.8) is 0 Å². The normalized spacial score (nSPS) is 27.3. The van der Waals surface area contributed by atoms with E-state index in [1.165, 1.54) is 19.4 Å². The van der Waals surface area contributed by atoms with Crippen molar-refractivity contribution in [3.8, 4) is 0 Å². The van der Waals surface area contributed by atoms with Crippen LogP contribution in [-0.2, 0) is 14.3 Å². The van der Waals surface area contributed by atoms with Crippen molar-refractivity contribution < 1.29 is 29.6 Å². The minimum Gasteiger partial charge on any atom is -0.466 e. The SMILES string of the molecule is COC(=O)C=Cc1cnc(=O)[nH]c1N[C@@H]1O[C@H](CO)[C@H](O)[C@H]1O. The molecular weight excluding hydrogens is 310 g/mol. The predicted molar refractivity (Wildman–Crippen MR) is 77.3 cm³/mol. The van der Waals surface area contributed by atoms with Crippen LogP contribution < -0.4 is 11.0 Å². The van der Waals surface area contributed by atoms with E-state index in [9.17, 15) is 19.8 Å². The van der Waals surface area contributed by atoms with E-state index in [4.69, 9.17) is 9.84 Å². The molecule has 1 fully saturated rings. The second kappa shape index (κ2) is 7.33. The third-order valence-corrected chi connectivity index (χ3v) is 3.27. The number of hydrogen-bond donors (Lipinski definition) is 5. The fraction of sp³-hybridized carbons (Fsp3) is 0.462. The Balaban J connectivity index is 2.22. The van der Waals surface area contributed by atoms with E-state index < -0.39 is 42.8 Å². The summed E-state index contributed by atoms with van der Waals surface area (Å²) in [5.74, 6) is -0.477. The van der Waals surface area contributed by atoms with Crippen LogP contribution in [-0.4, -0.2) is 69.5 Å². The van der Waals surface area contributed by atoms with Crippen LogP contribution in [0.3, 0.4) is 0 Å². The van der Waals surface area contributed by atoms with Gasteiger partial charge in [-0.1, -0.05) is 0 Å². The zero-order chi connectivity index (χ0) is 17.0. The summed E-state index contributed by atoms with van der Waals surface area (Å²) in [5, 5.41) is 31.3. The zero-order valence-electron chi connectivity index (χ0n) is 12.2. The highest BCUT2D eigenvalue weighted by atomic mass is 16.6. The van der Waals surface area contributed by atoms with Gasteiger partial charge in [-0.15, -0.1) is 0 Å². The molecule has 0 amide bonds. The highest BCUT2D eigenvalue weighted by molar-refractivity contribution is 5.87. The first kappa shape index (κ1) is 17.1. The van der Waals surface area contributed by atoms with E-state index in [-0.39, 0.29) is 5.82 Å². The third-order valence-electron chi connectivity index (χ3n) is 3.27. The highest BCUT2D eigenvalue weighted by Crippen LogP contribution is 2.23. The van der Waals surface area contributed by atoms with E-state index in [0.717, 1.165) is 6.08 Å². The Morgan fingerprint density at radius 3 is 2.87 bits per heavy atom. The van der Waals surface area contributed by atoms with Crippen molar-refractivity contribution in [1.29, 1.82) is 0 Å². The molecule has 2 heterocycles. The molecule has 0 spiro atoms. The molecule has 0 bridgehead atoms. The van der Waals surface area contributed by atoms with Gasteiger partial charge in [0.2, 0.25) is 0 Å². The second-order valence-electron chi connectivity index (χ2n) is 4.78. The lowest BCUT2D eigenvalue weighted by atomic mass is 10.1. The van der Waals surface area contributed by atoms with Gasteiger partial charge in [-0.2, -0.15) is 0 Å². The molecule has 1 aliphatic heterocycles. The van der Waals surface area contributed by atoms with E-state index in [1.54, 1.807) is 0 Å². The number of ether oxygens (including phenoxy) is 2. The lowest BCUT2D eigenvalue weighted by Gasteiger charge is -2.18. The number of H-pyrrole nitrogens is 1. The Morgan fingerprint density at radius 1 is 1.52 bits per heavy atom. The maximum Gasteiger partial charge on any atom is 0.346 e. The first-order chi connectivity index (χ1) is 11.0. The Morgan fingerprint density at radius 2 is 2.26 bits per heavy atom. The molecule has 5 N–H and O–H groups in total. The largest absolute Gasteiger partial charge is 0.466 e. The van der Waals surface area contributed by atoms with Gasteiger partial charge in [0.15, 0.2) is 6.23 Å². The van der Waals surface area contributed by atoms with Crippen LogP contribution in [0.25, 0.3) is 6.08 Å². The van der Waals surface area contributed by atoms with Crippen LogP contribution in [0, 0.1) is 0 Å². The molecule has 126 valence electrons. The van der Waals surface area contributed by atoms with Crippen molar-refractivity contribution in [2.45, 2.75) is 24.5 Å². The number of aromatic amines is 1. The molecule has 2 rings (SSSR count). The second-order valence-corrected chi connectivity index (χ2v) is 4.78. The minimum atomic E-state index is -1.32. The van der Waals surface area contributed by atoms with Gasteiger partial charge >= 0.3 is 11.7 Å². The van der Waals surface area contributed by atoms with Crippen LogP contribution in [0.15, 0.2) is 17.1 Å². The van der Waals surface area contributed by atoms with Crippen LogP contribution in [0.5, 0.6) is 0 Å². The number of aromatic nitrogens is 2. The number of aliphatic hydroxyl groups excluding tert-OH is 3. The number of anilines is 1. The van der Waals surface area contributed by atoms with Gasteiger partial charge in [0.05, 0.1) is 13.7 Å². The van der Waals surface area contributed by atoms with E-state index >= 15 is 0 Å². The Labute approximate surface area is 130 Å². The number of carbonyl (C=O) groups is 1. The quantitative estimate of drug-likeness (QED) is 0.299. The lowest BCUT2D eigenvalue weighted by Crippen LogP contribution is -2.37. The van der Waals surface area contributed by atoms with Gasteiger partial charge in [-0.3, -0.25) is 4.98 Å². The summed E-state index contributed by atoms with van der Waals surface area (Å²) in [7, 11) is 1.22. The number of aliphatic hydroxyl groups is 3. The average Bonchev–Trinajstić information content (AvgIpc) is 2.81. The number of rotatable bonds is 5. The smallest absolute Gasteiger partial charge is 0.346 e. The molecule has 1 saturated heterocycles. The Kier molecular flexibility index (Phi) is 5.45. The highest BCUT2D eigenvalue weighted by Gasteiger charge is 2.42. The van der Waals surface area contributed by atoms with Crippen molar-refractivity contribution in [2.75, 3.05) is 19.0 Å². The summed E-state index contributed by atoms with van der Waals surface area (Å²) in [6.07, 6.45) is -0.935. The van der Waals surface area contributed by atoms with Crippen LogP contribution in [0.2, 0.25) is 0 Å². The van der Waals surface area contributed by atoms with Crippen LogP contribution in [0.1, 0.15) is 5.56 Å². The van der Waals surface area contributed by atoms with Gasteiger partial charge in [0, 0.05) is 17.8 Å². The molecule has 1 aromatic heterocycles. The number of methoxy groups -OCH3 is 1. The van der Waals surface area contributed by atoms with Crippen LogP contribution >= 0.6 is 0 Å². The molecule has 1 aliphatic rings. The van der Waals surface area contributed by atoms with Gasteiger partial charge < -0.3 is 30.1 Å². The molecular formula is C13H17N3O7. The number of nitrogens with zero attached hydrogens (tertiary/aromatic N) is 1. The average molecular weight is 327 g/mol. The maximum absolute atomic E-state index is 11.4. The summed E-state index contributed by atoms with van der Waals surface area (Å²) < 4.78 is 9.73. The predicted octanol–water partition coefficient (Wildman–Crippen LogP) is -2.19. The molecule has 10 nitrogen and oxygen atoms in total. The number of carbonyl (C=O) groups excluding carboxylic acids is 1. The minimum absolute atomic E-state index is 0.125. The van der Waals surface area contributed by atoms with Crippen molar-refractivity contribution >= 4 is 17.9 Å². The van der Waals surface area contributed by atoms with Crippen LogP contribution in [0.4, 0.5) is 5.82 Å². The first-order valence-corrected chi connectivity index (χ1v) is 6.70. The number of hydrogen-bond acceptors (Lipinski definition) is 9. The molecule has 0 aromatic carbocycles. The molecule has 0 aliphatic carbocycles. The molecule has 0 radical (unpaired) electrons. The zero-order valence-corrected chi connectivity index (χ0v) is 12.2. The summed E-state index contributed by atoms with van der Waals surface area (Å²) >= 11 is 0. The van der Waals surface area contributed by atoms with Gasteiger partial charge in [-0.05, 0) is 6.08 Å². The van der Waals surface area contributed by atoms with E-state index in [0.29, 0.717) is 5.56 Å². The first-order valence-electron chi connectivity index (χ1n) is 6.70. The molecule has 0 saturated carbocycles. The molecule has 1 aromatic rings. The lowest BCUT2D eigenvalue weighted by molar-refractivity contribution is -0.134. The summed E-state index contributed by atoms with van der Waals surface area (Å²) in [6.45, 7) is -0.474. The standard InChI is InChI=1S/C13H17N3O7/c1-22-8(18)3-2-6-4-14-13(21)16-11(6)15-12-10(20)9(19)7(5-17)23-12/h2-4,7,9-10,12,17,19-20H,5H2,1H3,(H2,14,15,16,21)/t7-,9+,10-,12-/m1/s1. The molecule has 23 heavy (non-hydrogen) atoms. The molecule has 4 atom stereocenters. The van der Waals surface area contributed by atoms with E-state index in [2.05, 4.69) is 20.0 Å². The molecule has 10 heteroatoms. The van der Waals surface area contributed by atoms with Crippen molar-refractivity contribution in [2.24, 2.45) is 0 Å². The van der Waals surface area contributed by atoms with Crippen molar-refractivity contribution in [3.05, 3.63) is 28.3 Å². The summed E-state index contributed by atoms with van der Waals surface area (Å²) in [4.78, 5) is 28.4. The Bertz CT molecular complexity index is 645. The van der Waals surface area contributed by atoms with E-state index in [1.807, 2.05) is 0 Å². The third kappa shape index (κ3) is 3.93. The fourth-order valence-corrected chi connectivity index (χ4v) is 2.04. The number of nitrogens with one attached hydrogen (secondary N) is 2. The van der Waals surface area contributed by atoms with Gasteiger partial charge in [0.1, 0.15) is 24.1 Å². The fourth-order valence-electron chi connectivity index (χ4n) is 2.04. The maximum atomic E-state index is 11.4. The van der Waals surface area contributed by atoms with Gasteiger partial charge in [-0.25, -0.2) is 14.6 Å². The topological polar surface area (TPSA) is 154 Å².